The Morgan fingerprint density at radius 3 is 2.71 bits per heavy atom. The van der Waals surface area contributed by atoms with Gasteiger partial charge in [-0.1, -0.05) is 12.1 Å². The summed E-state index contributed by atoms with van der Waals surface area (Å²) in [4.78, 5) is 2.05. The molecule has 0 spiro atoms. The first-order chi connectivity index (χ1) is 8.21. The fourth-order valence-electron chi connectivity index (χ4n) is 2.02. The Bertz CT molecular complexity index is 435. The molecule has 1 aliphatic heterocycles. The minimum Gasteiger partial charge on any atom is -0.495 e. The number of nitriles is 1. The van der Waals surface area contributed by atoms with Gasteiger partial charge in [0.25, 0.3) is 0 Å². The van der Waals surface area contributed by atoms with Crippen molar-refractivity contribution in [1.82, 2.24) is 0 Å². The number of hydrogen-bond acceptors (Lipinski definition) is 4. The predicted octanol–water partition coefficient (Wildman–Crippen LogP) is 1.67. The van der Waals surface area contributed by atoms with Gasteiger partial charge in [0.1, 0.15) is 11.2 Å². The third kappa shape index (κ3) is 2.20. The van der Waals surface area contributed by atoms with E-state index >= 15 is 0 Å². The molecule has 0 saturated carbocycles. The van der Waals surface area contributed by atoms with Crippen LogP contribution in [0, 0.1) is 16.7 Å². The van der Waals surface area contributed by atoms with Gasteiger partial charge in [0, 0.05) is 13.6 Å². The SMILES string of the molecule is COc1ccccc1N(C)CC1(C#N)COC1. The molecule has 0 unspecified atom stereocenters. The van der Waals surface area contributed by atoms with Crippen molar-refractivity contribution < 1.29 is 9.47 Å². The zero-order valence-electron chi connectivity index (χ0n) is 10.1. The van der Waals surface area contributed by atoms with E-state index in [4.69, 9.17) is 9.47 Å². The first-order valence-corrected chi connectivity index (χ1v) is 5.54. The number of anilines is 1. The summed E-state index contributed by atoms with van der Waals surface area (Å²) in [6, 6.07) is 10.2. The van der Waals surface area contributed by atoms with Gasteiger partial charge >= 0.3 is 0 Å². The second-order valence-electron chi connectivity index (χ2n) is 4.41. The van der Waals surface area contributed by atoms with Crippen molar-refractivity contribution in [2.75, 3.05) is 38.8 Å². The summed E-state index contributed by atoms with van der Waals surface area (Å²) in [5, 5.41) is 9.17. The molecule has 1 heterocycles. The predicted molar refractivity (Wildman–Crippen MR) is 65.1 cm³/mol. The Kier molecular flexibility index (Phi) is 3.21. The fourth-order valence-corrected chi connectivity index (χ4v) is 2.02. The van der Waals surface area contributed by atoms with Gasteiger partial charge in [-0.05, 0) is 12.1 Å². The molecule has 0 aliphatic carbocycles. The first kappa shape index (κ1) is 11.7. The molecule has 1 aliphatic rings. The van der Waals surface area contributed by atoms with Gasteiger partial charge in [0.2, 0.25) is 0 Å². The zero-order chi connectivity index (χ0) is 12.3. The van der Waals surface area contributed by atoms with Crippen molar-refractivity contribution in [3.05, 3.63) is 24.3 Å². The second-order valence-corrected chi connectivity index (χ2v) is 4.41. The Hall–Kier alpha value is -1.73. The molecule has 0 atom stereocenters. The van der Waals surface area contributed by atoms with E-state index in [9.17, 15) is 5.26 Å². The molecule has 1 aromatic carbocycles. The minimum atomic E-state index is -0.365. The van der Waals surface area contributed by atoms with E-state index in [0.717, 1.165) is 11.4 Å². The third-order valence-electron chi connectivity index (χ3n) is 3.03. The number of methoxy groups -OCH3 is 1. The van der Waals surface area contributed by atoms with Crippen LogP contribution in [0.5, 0.6) is 5.75 Å². The van der Waals surface area contributed by atoms with Gasteiger partial charge < -0.3 is 14.4 Å². The summed E-state index contributed by atoms with van der Waals surface area (Å²) in [5.41, 5.74) is 0.631. The van der Waals surface area contributed by atoms with Gasteiger partial charge in [-0.3, -0.25) is 0 Å². The summed E-state index contributed by atoms with van der Waals surface area (Å²) >= 11 is 0. The van der Waals surface area contributed by atoms with Gasteiger partial charge in [0.05, 0.1) is 32.1 Å². The zero-order valence-corrected chi connectivity index (χ0v) is 10.1. The molecule has 1 saturated heterocycles. The Morgan fingerprint density at radius 1 is 1.47 bits per heavy atom. The summed E-state index contributed by atoms with van der Waals surface area (Å²) in [6.45, 7) is 1.69. The Morgan fingerprint density at radius 2 is 2.18 bits per heavy atom. The highest BCUT2D eigenvalue weighted by Crippen LogP contribution is 2.32. The topological polar surface area (TPSA) is 45.5 Å². The lowest BCUT2D eigenvalue weighted by Gasteiger charge is -2.38. The smallest absolute Gasteiger partial charge is 0.142 e. The van der Waals surface area contributed by atoms with E-state index in [0.29, 0.717) is 19.8 Å². The first-order valence-electron chi connectivity index (χ1n) is 5.54. The van der Waals surface area contributed by atoms with E-state index in [-0.39, 0.29) is 5.41 Å². The van der Waals surface area contributed by atoms with Gasteiger partial charge in [-0.2, -0.15) is 5.26 Å². The summed E-state index contributed by atoms with van der Waals surface area (Å²) in [6.07, 6.45) is 0. The van der Waals surface area contributed by atoms with Gasteiger partial charge in [-0.15, -0.1) is 0 Å². The molecule has 1 fully saturated rings. The molecule has 0 amide bonds. The highest BCUT2D eigenvalue weighted by Gasteiger charge is 2.40. The molecule has 4 heteroatoms. The molecule has 0 radical (unpaired) electrons. The van der Waals surface area contributed by atoms with Crippen LogP contribution in [0.2, 0.25) is 0 Å². The second kappa shape index (κ2) is 4.64. The van der Waals surface area contributed by atoms with Crippen molar-refractivity contribution in [1.29, 1.82) is 5.26 Å². The van der Waals surface area contributed by atoms with Crippen molar-refractivity contribution in [3.8, 4) is 11.8 Å². The van der Waals surface area contributed by atoms with Gasteiger partial charge in [-0.25, -0.2) is 0 Å². The lowest BCUT2D eigenvalue weighted by atomic mass is 9.87. The molecule has 0 bridgehead atoms. The van der Waals surface area contributed by atoms with E-state index in [1.165, 1.54) is 0 Å². The fraction of sp³-hybridized carbons (Fsp3) is 0.462. The highest BCUT2D eigenvalue weighted by atomic mass is 16.5. The maximum Gasteiger partial charge on any atom is 0.142 e. The van der Waals surface area contributed by atoms with E-state index in [1.807, 2.05) is 36.2 Å². The quantitative estimate of drug-likeness (QED) is 0.792. The number of para-hydroxylation sites is 2. The molecular weight excluding hydrogens is 216 g/mol. The van der Waals surface area contributed by atoms with E-state index in [1.54, 1.807) is 7.11 Å². The highest BCUT2D eigenvalue weighted by molar-refractivity contribution is 5.58. The molecule has 1 aromatic rings. The van der Waals surface area contributed by atoms with Gasteiger partial charge in [0.15, 0.2) is 0 Å². The molecule has 90 valence electrons. The largest absolute Gasteiger partial charge is 0.495 e. The normalized spacial score (nSPS) is 16.8. The van der Waals surface area contributed by atoms with Crippen LogP contribution >= 0.6 is 0 Å². The van der Waals surface area contributed by atoms with Crippen molar-refractivity contribution in [3.63, 3.8) is 0 Å². The maximum absolute atomic E-state index is 9.17. The Labute approximate surface area is 101 Å². The monoisotopic (exact) mass is 232 g/mol. The maximum atomic E-state index is 9.17. The average Bonchev–Trinajstić information content (AvgIpc) is 2.33. The average molecular weight is 232 g/mol. The number of ether oxygens (including phenoxy) is 2. The van der Waals surface area contributed by atoms with Crippen LogP contribution in [0.3, 0.4) is 0 Å². The minimum absolute atomic E-state index is 0.365. The summed E-state index contributed by atoms with van der Waals surface area (Å²) in [7, 11) is 3.62. The van der Waals surface area contributed by atoms with Crippen LogP contribution in [0.4, 0.5) is 5.69 Å². The van der Waals surface area contributed by atoms with E-state index in [2.05, 4.69) is 6.07 Å². The molecule has 0 aromatic heterocycles. The number of nitrogens with zero attached hydrogens (tertiary/aromatic N) is 2. The number of rotatable bonds is 4. The van der Waals surface area contributed by atoms with Crippen LogP contribution in [-0.2, 0) is 4.74 Å². The molecule has 17 heavy (non-hydrogen) atoms. The van der Waals surface area contributed by atoms with Crippen LogP contribution in [0.15, 0.2) is 24.3 Å². The Balaban J connectivity index is 2.14. The van der Waals surface area contributed by atoms with Crippen molar-refractivity contribution in [2.45, 2.75) is 0 Å². The van der Waals surface area contributed by atoms with E-state index < -0.39 is 0 Å². The molecule has 0 N–H and O–H groups in total. The number of benzene rings is 1. The molecule has 4 nitrogen and oxygen atoms in total. The molecular formula is C13H16N2O2. The van der Waals surface area contributed by atoms with Crippen molar-refractivity contribution >= 4 is 5.69 Å². The van der Waals surface area contributed by atoms with Crippen LogP contribution in [-0.4, -0.2) is 33.9 Å². The lowest BCUT2D eigenvalue weighted by Crippen LogP contribution is -2.49. The van der Waals surface area contributed by atoms with Crippen LogP contribution in [0.25, 0.3) is 0 Å². The number of hydrogen-bond donors (Lipinski definition) is 0. The lowest BCUT2D eigenvalue weighted by molar-refractivity contribution is -0.0716. The van der Waals surface area contributed by atoms with Crippen molar-refractivity contribution in [2.24, 2.45) is 5.41 Å². The summed E-state index contributed by atoms with van der Waals surface area (Å²) in [5.74, 6) is 0.823. The third-order valence-corrected chi connectivity index (χ3v) is 3.03. The van der Waals surface area contributed by atoms with Crippen LogP contribution in [0.1, 0.15) is 0 Å². The molecule has 2 rings (SSSR count). The van der Waals surface area contributed by atoms with Crippen LogP contribution < -0.4 is 9.64 Å². The standard InChI is InChI=1S/C13H16N2O2/c1-15(8-13(7-14)9-17-10-13)11-5-3-4-6-12(11)16-2/h3-6H,8-10H2,1-2H3. The summed E-state index contributed by atoms with van der Waals surface area (Å²) < 4.78 is 10.5.